The van der Waals surface area contributed by atoms with Gasteiger partial charge < -0.3 is 4.74 Å². The summed E-state index contributed by atoms with van der Waals surface area (Å²) in [6, 6.07) is 21.1. The van der Waals surface area contributed by atoms with E-state index < -0.39 is 11.8 Å². The Morgan fingerprint density at radius 2 is 1.57 bits per heavy atom. The van der Waals surface area contributed by atoms with Crippen molar-refractivity contribution in [1.29, 1.82) is 0 Å². The molecule has 0 saturated carbocycles. The van der Waals surface area contributed by atoms with E-state index in [1.807, 2.05) is 30.3 Å². The number of imide groups is 1. The SMILES string of the molecule is COc1ccc(N2C(=O)C(Sc3ccccc3)=C(c3ccc(Cl)cc3)C2=O)cc1Cl. The van der Waals surface area contributed by atoms with Crippen molar-refractivity contribution >= 4 is 58.0 Å². The number of ether oxygens (including phenoxy) is 1. The van der Waals surface area contributed by atoms with Crippen LogP contribution in [0.3, 0.4) is 0 Å². The van der Waals surface area contributed by atoms with Gasteiger partial charge in [0.1, 0.15) is 5.75 Å². The van der Waals surface area contributed by atoms with Crippen LogP contribution in [0.25, 0.3) is 5.57 Å². The fourth-order valence-corrected chi connectivity index (χ4v) is 4.50. The predicted molar refractivity (Wildman–Crippen MR) is 121 cm³/mol. The summed E-state index contributed by atoms with van der Waals surface area (Å²) in [6.45, 7) is 0. The number of thioether (sulfide) groups is 1. The molecular weight excluding hydrogens is 441 g/mol. The van der Waals surface area contributed by atoms with E-state index in [9.17, 15) is 9.59 Å². The van der Waals surface area contributed by atoms with E-state index in [-0.39, 0.29) is 0 Å². The van der Waals surface area contributed by atoms with E-state index in [2.05, 4.69) is 0 Å². The van der Waals surface area contributed by atoms with Crippen LogP contribution in [0, 0.1) is 0 Å². The van der Waals surface area contributed by atoms with Crippen molar-refractivity contribution in [2.45, 2.75) is 4.90 Å². The molecule has 0 N–H and O–H groups in total. The molecule has 0 radical (unpaired) electrons. The maximum atomic E-state index is 13.4. The third-order valence-electron chi connectivity index (χ3n) is 4.53. The molecule has 0 aliphatic carbocycles. The molecule has 0 saturated heterocycles. The zero-order chi connectivity index (χ0) is 21.3. The van der Waals surface area contributed by atoms with Gasteiger partial charge in [-0.25, -0.2) is 4.90 Å². The number of carbonyl (C=O) groups is 2. The third-order valence-corrected chi connectivity index (χ3v) is 6.17. The van der Waals surface area contributed by atoms with Crippen LogP contribution in [0.2, 0.25) is 10.0 Å². The van der Waals surface area contributed by atoms with Crippen LogP contribution in [0.4, 0.5) is 5.69 Å². The van der Waals surface area contributed by atoms with Crippen molar-refractivity contribution in [2.75, 3.05) is 12.0 Å². The summed E-state index contributed by atoms with van der Waals surface area (Å²) in [5.41, 5.74) is 1.33. The number of methoxy groups -OCH3 is 1. The van der Waals surface area contributed by atoms with Crippen LogP contribution in [0.1, 0.15) is 5.56 Å². The lowest BCUT2D eigenvalue weighted by molar-refractivity contribution is -0.119. The molecule has 7 heteroatoms. The third kappa shape index (κ3) is 3.84. The van der Waals surface area contributed by atoms with Gasteiger partial charge in [-0.2, -0.15) is 0 Å². The van der Waals surface area contributed by atoms with E-state index in [0.717, 1.165) is 9.80 Å². The lowest BCUT2D eigenvalue weighted by Crippen LogP contribution is -2.31. The Morgan fingerprint density at radius 1 is 0.867 bits per heavy atom. The predicted octanol–water partition coefficient (Wildman–Crippen LogP) is 6.08. The van der Waals surface area contributed by atoms with E-state index in [4.69, 9.17) is 27.9 Å². The summed E-state index contributed by atoms with van der Waals surface area (Å²) < 4.78 is 5.17. The van der Waals surface area contributed by atoms with Crippen LogP contribution >= 0.6 is 35.0 Å². The zero-order valence-electron chi connectivity index (χ0n) is 15.8. The second kappa shape index (κ2) is 8.56. The summed E-state index contributed by atoms with van der Waals surface area (Å²) >= 11 is 13.5. The smallest absolute Gasteiger partial charge is 0.272 e. The number of amides is 2. The second-order valence-corrected chi connectivity index (χ2v) is 8.32. The molecule has 30 heavy (non-hydrogen) atoms. The average molecular weight is 456 g/mol. The molecule has 1 heterocycles. The molecule has 4 nitrogen and oxygen atoms in total. The first-order chi connectivity index (χ1) is 14.5. The summed E-state index contributed by atoms with van der Waals surface area (Å²) in [5, 5.41) is 0.861. The Hall–Kier alpha value is -2.73. The molecular formula is C23H15Cl2NO3S. The second-order valence-electron chi connectivity index (χ2n) is 6.39. The van der Waals surface area contributed by atoms with Crippen molar-refractivity contribution in [3.63, 3.8) is 0 Å². The van der Waals surface area contributed by atoms with Crippen molar-refractivity contribution in [3.05, 3.63) is 93.3 Å². The first-order valence-electron chi connectivity index (χ1n) is 8.95. The molecule has 2 amide bonds. The normalized spacial score (nSPS) is 13.9. The highest BCUT2D eigenvalue weighted by molar-refractivity contribution is 8.04. The number of hydrogen-bond donors (Lipinski definition) is 0. The minimum atomic E-state index is -0.415. The highest BCUT2D eigenvalue weighted by Gasteiger charge is 2.40. The van der Waals surface area contributed by atoms with Gasteiger partial charge in [0.05, 0.1) is 28.3 Å². The fraction of sp³-hybridized carbons (Fsp3) is 0.0435. The van der Waals surface area contributed by atoms with Crippen molar-refractivity contribution in [1.82, 2.24) is 0 Å². The van der Waals surface area contributed by atoms with Crippen LogP contribution in [-0.4, -0.2) is 18.9 Å². The first kappa shape index (κ1) is 20.5. The monoisotopic (exact) mass is 455 g/mol. The number of anilines is 1. The van der Waals surface area contributed by atoms with Gasteiger partial charge in [-0.05, 0) is 48.0 Å². The number of nitrogens with zero attached hydrogens (tertiary/aromatic N) is 1. The fourth-order valence-electron chi connectivity index (χ4n) is 3.11. The number of hydrogen-bond acceptors (Lipinski definition) is 4. The van der Waals surface area contributed by atoms with E-state index in [1.165, 1.54) is 18.9 Å². The summed E-state index contributed by atoms with van der Waals surface area (Å²) in [6.07, 6.45) is 0. The highest BCUT2D eigenvalue weighted by Crippen LogP contribution is 2.42. The van der Waals surface area contributed by atoms with Crippen molar-refractivity contribution in [2.24, 2.45) is 0 Å². The summed E-state index contributed by atoms with van der Waals surface area (Å²) in [4.78, 5) is 29.1. The van der Waals surface area contributed by atoms with Gasteiger partial charge in [-0.15, -0.1) is 0 Å². The molecule has 1 aliphatic rings. The first-order valence-corrected chi connectivity index (χ1v) is 10.5. The number of rotatable bonds is 5. The van der Waals surface area contributed by atoms with Crippen LogP contribution in [0.5, 0.6) is 5.75 Å². The van der Waals surface area contributed by atoms with Gasteiger partial charge in [-0.3, -0.25) is 9.59 Å². The molecule has 3 aromatic carbocycles. The molecule has 0 atom stereocenters. The minimum Gasteiger partial charge on any atom is -0.495 e. The van der Waals surface area contributed by atoms with Gasteiger partial charge in [0.15, 0.2) is 0 Å². The van der Waals surface area contributed by atoms with Gasteiger partial charge in [0.2, 0.25) is 0 Å². The Labute approximate surface area is 188 Å². The Bertz CT molecular complexity index is 1160. The van der Waals surface area contributed by atoms with Crippen molar-refractivity contribution in [3.8, 4) is 5.75 Å². The molecule has 0 fully saturated rings. The van der Waals surface area contributed by atoms with E-state index >= 15 is 0 Å². The molecule has 0 spiro atoms. The minimum absolute atomic E-state index is 0.313. The average Bonchev–Trinajstić information content (AvgIpc) is 2.99. The molecule has 0 unspecified atom stereocenters. The largest absolute Gasteiger partial charge is 0.495 e. The Morgan fingerprint density at radius 3 is 2.20 bits per heavy atom. The lowest BCUT2D eigenvalue weighted by Gasteiger charge is -2.16. The molecule has 150 valence electrons. The molecule has 0 aromatic heterocycles. The maximum absolute atomic E-state index is 13.4. The zero-order valence-corrected chi connectivity index (χ0v) is 18.1. The van der Waals surface area contributed by atoms with E-state index in [0.29, 0.717) is 37.5 Å². The van der Waals surface area contributed by atoms with Gasteiger partial charge >= 0.3 is 0 Å². The molecule has 1 aliphatic heterocycles. The highest BCUT2D eigenvalue weighted by atomic mass is 35.5. The van der Waals surface area contributed by atoms with Crippen LogP contribution in [0.15, 0.2) is 82.6 Å². The van der Waals surface area contributed by atoms with Gasteiger partial charge in [0, 0.05) is 9.92 Å². The standard InChI is InChI=1S/C23H15Cl2NO3S/c1-29-19-12-11-16(13-18(19)25)26-22(27)20(14-7-9-15(24)10-8-14)21(23(26)28)30-17-5-3-2-4-6-17/h2-13H,1H3. The molecule has 3 aromatic rings. The summed E-state index contributed by atoms with van der Waals surface area (Å²) in [5.74, 6) is -0.355. The number of halogens is 2. The molecule has 4 rings (SSSR count). The van der Waals surface area contributed by atoms with E-state index in [1.54, 1.807) is 42.5 Å². The Kier molecular flexibility index (Phi) is 5.86. The van der Waals surface area contributed by atoms with Crippen LogP contribution < -0.4 is 9.64 Å². The number of carbonyl (C=O) groups excluding carboxylic acids is 2. The maximum Gasteiger partial charge on any atom is 0.272 e. The van der Waals surface area contributed by atoms with Gasteiger partial charge in [0.25, 0.3) is 11.8 Å². The number of benzene rings is 3. The topological polar surface area (TPSA) is 46.6 Å². The van der Waals surface area contributed by atoms with Gasteiger partial charge in [-0.1, -0.05) is 65.3 Å². The lowest BCUT2D eigenvalue weighted by atomic mass is 10.1. The molecule has 0 bridgehead atoms. The summed E-state index contributed by atoms with van der Waals surface area (Å²) in [7, 11) is 1.50. The van der Waals surface area contributed by atoms with Crippen LogP contribution in [-0.2, 0) is 9.59 Å². The van der Waals surface area contributed by atoms with Crippen molar-refractivity contribution < 1.29 is 14.3 Å². The quantitative estimate of drug-likeness (QED) is 0.437. The Balaban J connectivity index is 1.81.